The second-order valence-corrected chi connectivity index (χ2v) is 8.08. The minimum atomic E-state index is -4.15. The number of hydrogen-bond acceptors (Lipinski definition) is 6. The normalized spacial score (nSPS) is 15.0. The molecule has 0 aliphatic heterocycles. The first kappa shape index (κ1) is 19.7. The molecule has 0 aromatic heterocycles. The average molecular weight is 398 g/mol. The number of carboxylic acids is 1. The molecule has 0 fully saturated rings. The van der Waals surface area contributed by atoms with E-state index in [9.17, 15) is 27.9 Å². The lowest BCUT2D eigenvalue weighted by molar-refractivity contribution is -0.307. The van der Waals surface area contributed by atoms with E-state index in [0.29, 0.717) is 11.1 Å². The third kappa shape index (κ3) is 3.64. The molecule has 8 heteroatoms. The van der Waals surface area contributed by atoms with Crippen molar-refractivity contribution < 1.29 is 27.9 Å². The van der Waals surface area contributed by atoms with Crippen LogP contribution in [0.2, 0.25) is 0 Å². The summed E-state index contributed by atoms with van der Waals surface area (Å²) in [5.41, 5.74) is 1.26. The predicted octanol–water partition coefficient (Wildman–Crippen LogP) is 0.736. The number of ketones is 2. The number of benzene rings is 2. The van der Waals surface area contributed by atoms with Gasteiger partial charge in [-0.3, -0.25) is 9.59 Å². The van der Waals surface area contributed by atoms with E-state index in [4.69, 9.17) is 5.14 Å². The van der Waals surface area contributed by atoms with Gasteiger partial charge in [0.1, 0.15) is 0 Å². The summed E-state index contributed by atoms with van der Waals surface area (Å²) in [6.07, 6.45) is 1.26. The molecule has 144 valence electrons. The number of rotatable bonds is 5. The number of allylic oxidation sites excluding steroid dienone is 2. The van der Waals surface area contributed by atoms with E-state index < -0.39 is 33.5 Å². The zero-order valence-corrected chi connectivity index (χ0v) is 15.7. The molecule has 1 atom stereocenters. The van der Waals surface area contributed by atoms with Gasteiger partial charge in [-0.2, -0.15) is 0 Å². The lowest BCUT2D eigenvalue weighted by Gasteiger charge is -2.18. The molecule has 0 saturated carbocycles. The molecule has 0 heterocycles. The number of nitrogens with two attached hydrogens (primary N) is 1. The standard InChI is InChI=1S/C20H17NO6S/c1-11(20(24)25)13-7-5-12(6-8-13)9-14-10-16(22)18-15(19(14)23)3-2-4-17(18)28(21,26)27/h2-8,10-11H,9H2,1H3,(H,24,25)(H2,21,26,27)/p-1/t11-/m0/s1. The third-order valence-electron chi connectivity index (χ3n) is 4.65. The molecule has 0 amide bonds. The first-order chi connectivity index (χ1) is 13.1. The fourth-order valence-electron chi connectivity index (χ4n) is 3.09. The zero-order chi connectivity index (χ0) is 20.6. The Morgan fingerprint density at radius 2 is 1.75 bits per heavy atom. The Morgan fingerprint density at radius 1 is 1.11 bits per heavy atom. The number of carboxylic acid groups (broad SMARTS) is 1. The fraction of sp³-hybridized carbons (Fsp3) is 0.150. The summed E-state index contributed by atoms with van der Waals surface area (Å²) in [5.74, 6) is -3.01. The molecule has 28 heavy (non-hydrogen) atoms. The first-order valence-electron chi connectivity index (χ1n) is 8.34. The number of sulfonamides is 1. The molecule has 3 rings (SSSR count). The van der Waals surface area contributed by atoms with Gasteiger partial charge in [-0.25, -0.2) is 13.6 Å². The van der Waals surface area contributed by atoms with Crippen LogP contribution in [0.1, 0.15) is 44.7 Å². The van der Waals surface area contributed by atoms with Crippen molar-refractivity contribution in [3.8, 4) is 0 Å². The van der Waals surface area contributed by atoms with Gasteiger partial charge in [-0.15, -0.1) is 0 Å². The molecule has 1 aliphatic carbocycles. The second kappa shape index (κ2) is 7.14. The van der Waals surface area contributed by atoms with Crippen LogP contribution in [0, 0.1) is 0 Å². The number of carbonyl (C=O) groups excluding carboxylic acids is 3. The molecular formula is C20H16NO6S-. The minimum Gasteiger partial charge on any atom is -0.550 e. The topological polar surface area (TPSA) is 134 Å². The predicted molar refractivity (Wildman–Crippen MR) is 98.1 cm³/mol. The highest BCUT2D eigenvalue weighted by atomic mass is 32.2. The van der Waals surface area contributed by atoms with Crippen molar-refractivity contribution in [1.82, 2.24) is 0 Å². The molecule has 0 radical (unpaired) electrons. The average Bonchev–Trinajstić information content (AvgIpc) is 2.64. The molecule has 7 nitrogen and oxygen atoms in total. The lowest BCUT2D eigenvalue weighted by Crippen LogP contribution is -2.27. The van der Waals surface area contributed by atoms with Crippen molar-refractivity contribution in [3.05, 3.63) is 76.4 Å². The van der Waals surface area contributed by atoms with Gasteiger partial charge < -0.3 is 9.90 Å². The van der Waals surface area contributed by atoms with Crippen LogP contribution in [-0.2, 0) is 21.2 Å². The van der Waals surface area contributed by atoms with E-state index in [2.05, 4.69) is 0 Å². The second-order valence-electron chi connectivity index (χ2n) is 6.55. The van der Waals surface area contributed by atoms with E-state index in [-0.39, 0.29) is 28.0 Å². The summed E-state index contributed by atoms with van der Waals surface area (Å²) < 4.78 is 23.4. The summed E-state index contributed by atoms with van der Waals surface area (Å²) in [4.78, 5) is 35.8. The smallest absolute Gasteiger partial charge is 0.238 e. The number of carbonyl (C=O) groups is 3. The minimum absolute atomic E-state index is 0.00350. The van der Waals surface area contributed by atoms with Crippen LogP contribution in [-0.4, -0.2) is 26.0 Å². The molecule has 0 unspecified atom stereocenters. The van der Waals surface area contributed by atoms with E-state index in [1.54, 1.807) is 24.3 Å². The van der Waals surface area contributed by atoms with E-state index >= 15 is 0 Å². The Labute approximate surface area is 161 Å². The molecule has 1 aliphatic rings. The quantitative estimate of drug-likeness (QED) is 0.789. The highest BCUT2D eigenvalue weighted by Gasteiger charge is 2.30. The first-order valence-corrected chi connectivity index (χ1v) is 9.89. The van der Waals surface area contributed by atoms with Crippen molar-refractivity contribution in [2.75, 3.05) is 0 Å². The van der Waals surface area contributed by atoms with Crippen molar-refractivity contribution in [3.63, 3.8) is 0 Å². The third-order valence-corrected chi connectivity index (χ3v) is 5.60. The van der Waals surface area contributed by atoms with Crippen LogP contribution in [0.15, 0.2) is 59.0 Å². The highest BCUT2D eigenvalue weighted by Crippen LogP contribution is 2.28. The Bertz CT molecular complexity index is 1130. The number of primary sulfonamides is 1. The van der Waals surface area contributed by atoms with E-state index in [1.807, 2.05) is 0 Å². The van der Waals surface area contributed by atoms with Gasteiger partial charge >= 0.3 is 0 Å². The lowest BCUT2D eigenvalue weighted by atomic mass is 9.86. The maximum absolute atomic E-state index is 12.8. The Kier molecular flexibility index (Phi) is 5.01. The van der Waals surface area contributed by atoms with Crippen LogP contribution in [0.5, 0.6) is 0 Å². The summed E-state index contributed by atoms with van der Waals surface area (Å²) in [6.45, 7) is 1.51. The van der Waals surface area contributed by atoms with Gasteiger partial charge in [-0.1, -0.05) is 43.3 Å². The molecule has 0 bridgehead atoms. The monoisotopic (exact) mass is 398 g/mol. The maximum atomic E-state index is 12.8. The molecule has 0 saturated heterocycles. The summed E-state index contributed by atoms with van der Waals surface area (Å²) in [6, 6.07) is 10.5. The van der Waals surface area contributed by atoms with Crippen LogP contribution >= 0.6 is 0 Å². The van der Waals surface area contributed by atoms with Crippen LogP contribution in [0.3, 0.4) is 0 Å². The highest BCUT2D eigenvalue weighted by molar-refractivity contribution is 7.89. The molecule has 2 aromatic carbocycles. The SMILES string of the molecule is C[C@H](C(=O)[O-])c1ccc(CC2=CC(=O)c3c(cccc3S(N)(=O)=O)C2=O)cc1. The zero-order valence-electron chi connectivity index (χ0n) is 14.8. The van der Waals surface area contributed by atoms with Crippen molar-refractivity contribution in [2.24, 2.45) is 5.14 Å². The molecule has 2 aromatic rings. The van der Waals surface area contributed by atoms with Crippen molar-refractivity contribution in [2.45, 2.75) is 24.2 Å². The Balaban J connectivity index is 1.93. The van der Waals surface area contributed by atoms with Crippen LogP contribution in [0.4, 0.5) is 0 Å². The van der Waals surface area contributed by atoms with Crippen molar-refractivity contribution in [1.29, 1.82) is 0 Å². The van der Waals surface area contributed by atoms with Gasteiger partial charge in [0.2, 0.25) is 10.0 Å². The Morgan fingerprint density at radius 3 is 2.32 bits per heavy atom. The fourth-order valence-corrected chi connectivity index (χ4v) is 3.86. The van der Waals surface area contributed by atoms with Gasteiger partial charge in [-0.05, 0) is 23.3 Å². The summed E-state index contributed by atoms with van der Waals surface area (Å²) in [5, 5.41) is 16.1. The Hall–Kier alpha value is -3.10. The molecule has 0 spiro atoms. The number of aliphatic carboxylic acids is 1. The molecule has 2 N–H and O–H groups in total. The number of hydrogen-bond donors (Lipinski definition) is 1. The van der Waals surface area contributed by atoms with E-state index in [0.717, 1.165) is 6.08 Å². The van der Waals surface area contributed by atoms with Crippen molar-refractivity contribution >= 4 is 27.6 Å². The van der Waals surface area contributed by atoms with Gasteiger partial charge in [0, 0.05) is 29.4 Å². The van der Waals surface area contributed by atoms with E-state index in [1.165, 1.54) is 25.1 Å². The van der Waals surface area contributed by atoms with Gasteiger partial charge in [0.15, 0.2) is 11.6 Å². The number of fused-ring (bicyclic) bond motifs is 1. The summed E-state index contributed by atoms with van der Waals surface area (Å²) in [7, 11) is -4.15. The maximum Gasteiger partial charge on any atom is 0.238 e. The summed E-state index contributed by atoms with van der Waals surface area (Å²) >= 11 is 0. The molecular weight excluding hydrogens is 382 g/mol. The van der Waals surface area contributed by atoms with Gasteiger partial charge in [0.05, 0.1) is 10.5 Å². The van der Waals surface area contributed by atoms with Gasteiger partial charge in [0.25, 0.3) is 0 Å². The largest absolute Gasteiger partial charge is 0.550 e. The van der Waals surface area contributed by atoms with Crippen LogP contribution in [0.25, 0.3) is 0 Å². The van der Waals surface area contributed by atoms with Crippen LogP contribution < -0.4 is 10.2 Å². The number of Topliss-reactive ketones (excluding diaryl/α,β-unsaturated/α-hetero) is 1.